The highest BCUT2D eigenvalue weighted by Gasteiger charge is 2.20. The summed E-state index contributed by atoms with van der Waals surface area (Å²) in [5.74, 6) is 0. The molecule has 0 aliphatic heterocycles. The topological polar surface area (TPSA) is 43.8 Å². The molecule has 3 aromatic rings. The number of rotatable bonds is 3. The van der Waals surface area contributed by atoms with E-state index in [1.165, 1.54) is 27.7 Å². The lowest BCUT2D eigenvalue weighted by molar-refractivity contribution is 0.837. The number of aromatic amines is 1. The van der Waals surface area contributed by atoms with Crippen LogP contribution in [0, 0.1) is 6.92 Å². The zero-order chi connectivity index (χ0) is 18.1. The molecule has 1 aromatic heterocycles. The van der Waals surface area contributed by atoms with Crippen LogP contribution in [0.2, 0.25) is 0 Å². The zero-order valence-corrected chi connectivity index (χ0v) is 15.6. The minimum atomic E-state index is 0.968. The van der Waals surface area contributed by atoms with Gasteiger partial charge in [-0.25, -0.2) is 0 Å². The minimum Gasteiger partial charge on any atom is -0.378 e. The highest BCUT2D eigenvalue weighted by Crippen LogP contribution is 2.30. The summed E-state index contributed by atoms with van der Waals surface area (Å²) in [4.78, 5) is 5.64. The normalized spacial score (nSPS) is 15.7. The number of aryl methyl sites for hydroxylation is 2. The minimum absolute atomic E-state index is 0.968. The van der Waals surface area contributed by atoms with Gasteiger partial charge in [0.15, 0.2) is 0 Å². The first-order chi connectivity index (χ1) is 12.6. The summed E-state index contributed by atoms with van der Waals surface area (Å²) < 4.78 is 0. The van der Waals surface area contributed by atoms with Gasteiger partial charge in [-0.3, -0.25) is 0 Å². The van der Waals surface area contributed by atoms with Crippen molar-refractivity contribution >= 4 is 28.5 Å². The van der Waals surface area contributed by atoms with E-state index in [0.717, 1.165) is 36.2 Å². The van der Waals surface area contributed by atoms with Crippen LogP contribution in [-0.2, 0) is 6.42 Å². The van der Waals surface area contributed by atoms with Crippen LogP contribution in [0.25, 0.3) is 10.9 Å². The predicted octanol–water partition coefficient (Wildman–Crippen LogP) is 4.70. The maximum atomic E-state index is 4.54. The van der Waals surface area contributed by atoms with Crippen LogP contribution in [0.15, 0.2) is 52.7 Å². The molecule has 4 rings (SSSR count). The van der Waals surface area contributed by atoms with E-state index in [-0.39, 0.29) is 0 Å². The van der Waals surface area contributed by atoms with Crippen LogP contribution < -0.4 is 4.90 Å². The number of nitrogens with zero attached hydrogens (tertiary/aromatic N) is 3. The molecule has 0 atom stereocenters. The lowest BCUT2D eigenvalue weighted by Gasteiger charge is -2.13. The number of hydrogen-bond acceptors (Lipinski definition) is 3. The first-order valence-corrected chi connectivity index (χ1v) is 9.11. The van der Waals surface area contributed by atoms with Crippen LogP contribution in [0.1, 0.15) is 35.2 Å². The van der Waals surface area contributed by atoms with Gasteiger partial charge in [0.05, 0.1) is 17.6 Å². The summed E-state index contributed by atoms with van der Waals surface area (Å²) in [6.45, 7) is 2.14. The summed E-state index contributed by atoms with van der Waals surface area (Å²) in [6.07, 6.45) is 5.02. The van der Waals surface area contributed by atoms with Crippen molar-refractivity contribution in [3.05, 3.63) is 64.8 Å². The number of H-pyrrole nitrogens is 1. The van der Waals surface area contributed by atoms with Crippen molar-refractivity contribution in [1.82, 2.24) is 4.98 Å². The lowest BCUT2D eigenvalue weighted by atomic mass is 9.94. The number of nitrogens with one attached hydrogen (secondary N) is 1. The molecule has 4 nitrogen and oxygen atoms in total. The molecule has 0 spiro atoms. The molecule has 1 aliphatic carbocycles. The molecule has 0 saturated carbocycles. The Morgan fingerprint density at radius 2 is 1.85 bits per heavy atom. The Morgan fingerprint density at radius 3 is 2.62 bits per heavy atom. The first kappa shape index (κ1) is 16.6. The molecule has 0 saturated heterocycles. The molecular formula is C22H24N4. The Labute approximate surface area is 154 Å². The van der Waals surface area contributed by atoms with Crippen molar-refractivity contribution in [2.24, 2.45) is 10.2 Å². The highest BCUT2D eigenvalue weighted by atomic mass is 15.2. The van der Waals surface area contributed by atoms with Crippen molar-refractivity contribution in [1.29, 1.82) is 0 Å². The third kappa shape index (κ3) is 3.15. The van der Waals surface area contributed by atoms with Gasteiger partial charge in [0.2, 0.25) is 0 Å². The molecule has 0 bridgehead atoms. The van der Waals surface area contributed by atoms with Crippen molar-refractivity contribution in [2.75, 3.05) is 19.0 Å². The molecule has 1 heterocycles. The van der Waals surface area contributed by atoms with Crippen molar-refractivity contribution in [3.63, 3.8) is 0 Å². The van der Waals surface area contributed by atoms with E-state index in [2.05, 4.69) is 69.5 Å². The molecule has 1 aliphatic rings. The molecule has 1 N–H and O–H groups in total. The summed E-state index contributed by atoms with van der Waals surface area (Å²) in [6, 6.07) is 14.9. The quantitative estimate of drug-likeness (QED) is 0.543. The summed E-state index contributed by atoms with van der Waals surface area (Å²) in [7, 11) is 4.08. The molecule has 0 radical (unpaired) electrons. The third-order valence-corrected chi connectivity index (χ3v) is 4.99. The first-order valence-electron chi connectivity index (χ1n) is 9.11. The van der Waals surface area contributed by atoms with Gasteiger partial charge >= 0.3 is 0 Å². The van der Waals surface area contributed by atoms with Crippen molar-refractivity contribution in [2.45, 2.75) is 26.2 Å². The maximum absolute atomic E-state index is 4.54. The smallest absolute Gasteiger partial charge is 0.0867 e. The number of hydrogen-bond donors (Lipinski definition) is 1. The van der Waals surface area contributed by atoms with Crippen LogP contribution >= 0.6 is 0 Å². The average molecular weight is 344 g/mol. The maximum Gasteiger partial charge on any atom is 0.0867 e. The van der Waals surface area contributed by atoms with Gasteiger partial charge in [0.1, 0.15) is 0 Å². The Balaban J connectivity index is 1.62. The van der Waals surface area contributed by atoms with Crippen LogP contribution in [-0.4, -0.2) is 31.0 Å². The van der Waals surface area contributed by atoms with Crippen molar-refractivity contribution in [3.8, 4) is 0 Å². The molecule has 0 unspecified atom stereocenters. The van der Waals surface area contributed by atoms with Gasteiger partial charge < -0.3 is 9.88 Å². The Bertz CT molecular complexity index is 991. The average Bonchev–Trinajstić information content (AvgIpc) is 3.01. The second-order valence-electron chi connectivity index (χ2n) is 7.16. The SMILES string of the molecule is Cc1ccc2[nH]c3c(c2c1)CCC/C3=N/N=C\c1ccc(N(C)C)cc1. The molecular weight excluding hydrogens is 320 g/mol. The molecule has 2 aromatic carbocycles. The van der Waals surface area contributed by atoms with Crippen LogP contribution in [0.5, 0.6) is 0 Å². The lowest BCUT2D eigenvalue weighted by Crippen LogP contribution is -2.10. The van der Waals surface area contributed by atoms with Gasteiger partial charge in [-0.15, -0.1) is 0 Å². The van der Waals surface area contributed by atoms with Gasteiger partial charge in [0.25, 0.3) is 0 Å². The van der Waals surface area contributed by atoms with E-state index in [0.29, 0.717) is 0 Å². The van der Waals surface area contributed by atoms with E-state index < -0.39 is 0 Å². The Kier molecular flexibility index (Phi) is 4.33. The second-order valence-corrected chi connectivity index (χ2v) is 7.16. The van der Waals surface area contributed by atoms with Gasteiger partial charge in [0, 0.05) is 30.7 Å². The van der Waals surface area contributed by atoms with Crippen LogP contribution in [0.4, 0.5) is 5.69 Å². The van der Waals surface area contributed by atoms with E-state index in [1.54, 1.807) is 0 Å². The van der Waals surface area contributed by atoms with E-state index >= 15 is 0 Å². The number of anilines is 1. The van der Waals surface area contributed by atoms with Gasteiger partial charge in [-0.1, -0.05) is 23.8 Å². The number of aromatic nitrogens is 1. The van der Waals surface area contributed by atoms with Gasteiger partial charge in [-0.05, 0) is 61.6 Å². The molecule has 132 valence electrons. The van der Waals surface area contributed by atoms with Gasteiger partial charge in [-0.2, -0.15) is 10.2 Å². The number of fused-ring (bicyclic) bond motifs is 3. The van der Waals surface area contributed by atoms with E-state index in [1.807, 2.05) is 20.3 Å². The standard InChI is InChI=1S/C22H24N4/c1-15-7-12-20-19(13-15)18-5-4-6-21(22(18)24-20)25-23-14-16-8-10-17(11-9-16)26(2)3/h7-14,24H,4-6H2,1-3H3/b23-14-,25-21-. The second kappa shape index (κ2) is 6.79. The monoisotopic (exact) mass is 344 g/mol. The predicted molar refractivity (Wildman–Crippen MR) is 111 cm³/mol. The molecule has 0 amide bonds. The Hall–Kier alpha value is -2.88. The largest absolute Gasteiger partial charge is 0.378 e. The van der Waals surface area contributed by atoms with E-state index in [9.17, 15) is 0 Å². The molecule has 4 heteroatoms. The zero-order valence-electron chi connectivity index (χ0n) is 15.6. The summed E-state index contributed by atoms with van der Waals surface area (Å²) in [5, 5.41) is 10.2. The van der Waals surface area contributed by atoms with Crippen molar-refractivity contribution < 1.29 is 0 Å². The highest BCUT2D eigenvalue weighted by molar-refractivity contribution is 6.06. The fraction of sp³-hybridized carbons (Fsp3) is 0.273. The fourth-order valence-electron chi connectivity index (χ4n) is 3.55. The summed E-state index contributed by atoms with van der Waals surface area (Å²) >= 11 is 0. The third-order valence-electron chi connectivity index (χ3n) is 4.99. The van der Waals surface area contributed by atoms with E-state index in [4.69, 9.17) is 0 Å². The Morgan fingerprint density at radius 1 is 1.04 bits per heavy atom. The molecule has 26 heavy (non-hydrogen) atoms. The fourth-order valence-corrected chi connectivity index (χ4v) is 3.55. The molecule has 0 fully saturated rings. The number of benzene rings is 2. The van der Waals surface area contributed by atoms with Crippen LogP contribution in [0.3, 0.4) is 0 Å². The summed E-state index contributed by atoms with van der Waals surface area (Å²) in [5.41, 5.74) is 8.33.